The molecule has 1 atom stereocenters. The van der Waals surface area contributed by atoms with Crippen LogP contribution >= 0.6 is 7.82 Å². The van der Waals surface area contributed by atoms with Crippen molar-refractivity contribution in [2.75, 3.05) is 32.8 Å². The lowest BCUT2D eigenvalue weighted by Crippen LogP contribution is -2.27. The summed E-state index contributed by atoms with van der Waals surface area (Å²) in [5, 5.41) is 0. The van der Waals surface area contributed by atoms with Gasteiger partial charge in [0.05, 0.1) is 13.2 Å². The Morgan fingerprint density at radius 1 is 0.395 bits per heavy atom. The van der Waals surface area contributed by atoms with Crippen molar-refractivity contribution in [2.24, 2.45) is 0 Å². The molecule has 0 amide bonds. The van der Waals surface area contributed by atoms with Gasteiger partial charge >= 0.3 is 7.82 Å². The summed E-state index contributed by atoms with van der Waals surface area (Å²) in [4.78, 5) is 12.7. The number of hydrogen-bond acceptors (Lipinski definition) is 4. The SMILES string of the molecule is CCCCCCCCCCCCOP(=O)(O)OCCCCCN(CCCCCCCCCC)CCCCCCCCCC. The third-order valence-electron chi connectivity index (χ3n) is 8.78. The molecule has 0 heterocycles. The third kappa shape index (κ3) is 34.8. The summed E-state index contributed by atoms with van der Waals surface area (Å²) >= 11 is 0. The molecule has 43 heavy (non-hydrogen) atoms. The highest BCUT2D eigenvalue weighted by Gasteiger charge is 2.20. The zero-order chi connectivity index (χ0) is 31.5. The molecule has 0 spiro atoms. The standard InChI is InChI=1S/C37H78NO4P/c1-4-7-10-13-16-19-20-23-26-31-36-41-43(39,40)42-37-32-27-30-35-38(33-28-24-21-17-14-11-8-5-2)34-29-25-22-18-15-12-9-6-3/h4-37H2,1-3H3,(H,39,40). The van der Waals surface area contributed by atoms with Crippen molar-refractivity contribution in [1.29, 1.82) is 0 Å². The molecule has 0 aliphatic carbocycles. The average molecular weight is 632 g/mol. The van der Waals surface area contributed by atoms with E-state index in [9.17, 15) is 9.46 Å². The molecule has 0 radical (unpaired) electrons. The molecular formula is C37H78NO4P. The van der Waals surface area contributed by atoms with Gasteiger partial charge in [0.1, 0.15) is 0 Å². The van der Waals surface area contributed by atoms with Crippen LogP contribution in [-0.4, -0.2) is 42.6 Å². The van der Waals surface area contributed by atoms with Gasteiger partial charge in [0.2, 0.25) is 0 Å². The fourth-order valence-electron chi connectivity index (χ4n) is 5.87. The Morgan fingerprint density at radius 3 is 0.930 bits per heavy atom. The first-order valence-corrected chi connectivity index (χ1v) is 20.9. The van der Waals surface area contributed by atoms with E-state index in [2.05, 4.69) is 25.7 Å². The summed E-state index contributed by atoms with van der Waals surface area (Å²) in [7, 11) is -3.91. The van der Waals surface area contributed by atoms with Gasteiger partial charge in [-0.1, -0.05) is 168 Å². The van der Waals surface area contributed by atoms with Gasteiger partial charge in [0, 0.05) is 0 Å². The summed E-state index contributed by atoms with van der Waals surface area (Å²) in [6.45, 7) is 11.0. The second-order valence-electron chi connectivity index (χ2n) is 13.2. The van der Waals surface area contributed by atoms with E-state index >= 15 is 0 Å². The Hall–Kier alpha value is 0.0700. The molecule has 0 fully saturated rings. The second-order valence-corrected chi connectivity index (χ2v) is 14.6. The molecule has 0 bridgehead atoms. The summed E-state index contributed by atoms with van der Waals surface area (Å²) in [6, 6.07) is 0. The first-order valence-electron chi connectivity index (χ1n) is 19.4. The van der Waals surface area contributed by atoms with E-state index < -0.39 is 7.82 Å². The van der Waals surface area contributed by atoms with E-state index in [0.29, 0.717) is 13.2 Å². The highest BCUT2D eigenvalue weighted by Crippen LogP contribution is 2.43. The van der Waals surface area contributed by atoms with Crippen LogP contribution < -0.4 is 0 Å². The fraction of sp³-hybridized carbons (Fsp3) is 1.00. The predicted molar refractivity (Wildman–Crippen MR) is 189 cm³/mol. The van der Waals surface area contributed by atoms with Gasteiger partial charge in [-0.2, -0.15) is 0 Å². The summed E-state index contributed by atoms with van der Waals surface area (Å²) in [6.07, 6.45) is 37.3. The molecule has 0 aromatic carbocycles. The quantitative estimate of drug-likeness (QED) is 0.0546. The Kier molecular flexibility index (Phi) is 35.0. The molecule has 0 saturated carbocycles. The Labute approximate surface area is 270 Å². The molecule has 5 nitrogen and oxygen atoms in total. The molecule has 260 valence electrons. The van der Waals surface area contributed by atoms with E-state index in [1.807, 2.05) is 0 Å². The van der Waals surface area contributed by atoms with Crippen molar-refractivity contribution < 1.29 is 18.5 Å². The van der Waals surface area contributed by atoms with Crippen LogP contribution in [0.15, 0.2) is 0 Å². The number of phosphoric ester groups is 1. The molecule has 0 aromatic heterocycles. The summed E-state index contributed by atoms with van der Waals surface area (Å²) in [5.41, 5.74) is 0. The minimum absolute atomic E-state index is 0.307. The van der Waals surface area contributed by atoms with Crippen LogP contribution in [0, 0.1) is 0 Å². The van der Waals surface area contributed by atoms with E-state index in [-0.39, 0.29) is 0 Å². The van der Waals surface area contributed by atoms with Crippen molar-refractivity contribution in [1.82, 2.24) is 4.90 Å². The Bertz CT molecular complexity index is 557. The van der Waals surface area contributed by atoms with Crippen LogP contribution in [0.4, 0.5) is 0 Å². The Balaban J connectivity index is 3.96. The van der Waals surface area contributed by atoms with Crippen molar-refractivity contribution >= 4 is 7.82 Å². The molecular weight excluding hydrogens is 553 g/mol. The smallest absolute Gasteiger partial charge is 0.303 e. The van der Waals surface area contributed by atoms with Crippen LogP contribution in [0.1, 0.15) is 207 Å². The fourth-order valence-corrected chi connectivity index (χ4v) is 6.67. The number of phosphoric acid groups is 1. The van der Waals surface area contributed by atoms with Gasteiger partial charge in [-0.05, 0) is 58.2 Å². The normalized spacial score (nSPS) is 13.2. The van der Waals surface area contributed by atoms with Gasteiger partial charge in [0.25, 0.3) is 0 Å². The lowest BCUT2D eigenvalue weighted by atomic mass is 10.1. The lowest BCUT2D eigenvalue weighted by Gasteiger charge is -2.22. The minimum Gasteiger partial charge on any atom is -0.303 e. The largest absolute Gasteiger partial charge is 0.472 e. The number of rotatable bonds is 37. The third-order valence-corrected chi connectivity index (χ3v) is 9.80. The first-order chi connectivity index (χ1) is 21.1. The summed E-state index contributed by atoms with van der Waals surface area (Å²) < 4.78 is 22.7. The van der Waals surface area contributed by atoms with Crippen molar-refractivity contribution in [3.05, 3.63) is 0 Å². The minimum atomic E-state index is -3.91. The van der Waals surface area contributed by atoms with Crippen molar-refractivity contribution in [3.63, 3.8) is 0 Å². The van der Waals surface area contributed by atoms with Crippen LogP contribution in [0.3, 0.4) is 0 Å². The topological polar surface area (TPSA) is 59.0 Å². The zero-order valence-electron chi connectivity index (χ0n) is 29.6. The molecule has 1 unspecified atom stereocenters. The first kappa shape index (κ1) is 43.1. The summed E-state index contributed by atoms with van der Waals surface area (Å²) in [5.74, 6) is 0. The molecule has 6 heteroatoms. The van der Waals surface area contributed by atoms with Gasteiger partial charge < -0.3 is 9.79 Å². The van der Waals surface area contributed by atoms with E-state index in [0.717, 1.165) is 38.6 Å². The van der Waals surface area contributed by atoms with E-state index in [1.54, 1.807) is 0 Å². The van der Waals surface area contributed by atoms with Crippen molar-refractivity contribution in [2.45, 2.75) is 207 Å². The van der Waals surface area contributed by atoms with Gasteiger partial charge in [-0.3, -0.25) is 9.05 Å². The predicted octanol–water partition coefficient (Wildman–Crippen LogP) is 12.8. The average Bonchev–Trinajstić information content (AvgIpc) is 2.99. The maximum absolute atomic E-state index is 12.2. The number of unbranched alkanes of at least 4 members (excludes halogenated alkanes) is 25. The molecule has 0 rings (SSSR count). The molecule has 0 aliphatic rings. The Morgan fingerprint density at radius 2 is 0.628 bits per heavy atom. The van der Waals surface area contributed by atoms with Crippen molar-refractivity contribution in [3.8, 4) is 0 Å². The zero-order valence-corrected chi connectivity index (χ0v) is 30.5. The van der Waals surface area contributed by atoms with Crippen LogP contribution in [0.25, 0.3) is 0 Å². The maximum atomic E-state index is 12.2. The second kappa shape index (κ2) is 34.9. The van der Waals surface area contributed by atoms with E-state index in [1.165, 1.54) is 167 Å². The van der Waals surface area contributed by atoms with Crippen LogP contribution in [0.5, 0.6) is 0 Å². The van der Waals surface area contributed by atoms with Crippen LogP contribution in [0.2, 0.25) is 0 Å². The van der Waals surface area contributed by atoms with Gasteiger partial charge in [0.15, 0.2) is 0 Å². The number of hydrogen-bond donors (Lipinski definition) is 1. The highest BCUT2D eigenvalue weighted by atomic mass is 31.2. The maximum Gasteiger partial charge on any atom is 0.472 e. The van der Waals surface area contributed by atoms with Gasteiger partial charge in [-0.15, -0.1) is 0 Å². The molecule has 0 aromatic rings. The molecule has 1 N–H and O–H groups in total. The lowest BCUT2D eigenvalue weighted by molar-refractivity contribution is 0.144. The number of nitrogens with zero attached hydrogens (tertiary/aromatic N) is 1. The van der Waals surface area contributed by atoms with Gasteiger partial charge in [-0.25, -0.2) is 4.57 Å². The molecule has 0 aliphatic heterocycles. The monoisotopic (exact) mass is 632 g/mol. The van der Waals surface area contributed by atoms with Crippen LogP contribution in [-0.2, 0) is 13.6 Å². The van der Waals surface area contributed by atoms with E-state index in [4.69, 9.17) is 9.05 Å². The molecule has 0 saturated heterocycles. The highest BCUT2D eigenvalue weighted by molar-refractivity contribution is 7.47.